The molecule has 1 aliphatic heterocycles. The lowest BCUT2D eigenvalue weighted by atomic mass is 10.2. The summed E-state index contributed by atoms with van der Waals surface area (Å²) in [6, 6.07) is 7.86. The molecule has 6 heteroatoms. The molecule has 1 aliphatic rings. The zero-order chi connectivity index (χ0) is 14.8. The van der Waals surface area contributed by atoms with Gasteiger partial charge in [0.1, 0.15) is 5.82 Å². The molecule has 0 bridgehead atoms. The molecule has 0 spiro atoms. The molecule has 1 atom stereocenters. The van der Waals surface area contributed by atoms with Crippen LogP contribution in [0.1, 0.15) is 6.92 Å². The first kappa shape index (κ1) is 14.3. The quantitative estimate of drug-likeness (QED) is 0.779. The number of piperazine rings is 1. The molecule has 110 valence electrons. The van der Waals surface area contributed by atoms with E-state index in [4.69, 9.17) is 0 Å². The van der Waals surface area contributed by atoms with Gasteiger partial charge in [-0.25, -0.2) is 4.98 Å². The minimum Gasteiger partial charge on any atom is -0.352 e. The van der Waals surface area contributed by atoms with Crippen molar-refractivity contribution >= 4 is 38.7 Å². The Balaban J connectivity index is 1.72. The summed E-state index contributed by atoms with van der Waals surface area (Å²) >= 11 is 3.34. The molecule has 5 nitrogen and oxygen atoms in total. The summed E-state index contributed by atoms with van der Waals surface area (Å²) in [6.45, 7) is 4.90. The highest BCUT2D eigenvalue weighted by Gasteiger charge is 2.24. The number of aromatic nitrogens is 2. The van der Waals surface area contributed by atoms with Crippen LogP contribution in [-0.2, 0) is 4.79 Å². The third kappa shape index (κ3) is 3.00. The lowest BCUT2D eigenvalue weighted by Crippen LogP contribution is -2.50. The van der Waals surface area contributed by atoms with E-state index in [2.05, 4.69) is 30.8 Å². The fraction of sp³-hybridized carbons (Fsp3) is 0.400. The average Bonchev–Trinajstić information content (AvgIpc) is 2.54. The van der Waals surface area contributed by atoms with Crippen LogP contribution in [0.3, 0.4) is 0 Å². The predicted octanol–water partition coefficient (Wildman–Crippen LogP) is 2.06. The van der Waals surface area contributed by atoms with Crippen LogP contribution < -0.4 is 4.90 Å². The van der Waals surface area contributed by atoms with Crippen molar-refractivity contribution < 1.29 is 4.79 Å². The number of carbonyl (C=O) groups is 1. The van der Waals surface area contributed by atoms with Crippen LogP contribution >= 0.6 is 15.9 Å². The number of nitrogens with zero attached hydrogens (tertiary/aromatic N) is 4. The molecule has 2 heterocycles. The van der Waals surface area contributed by atoms with Crippen molar-refractivity contribution in [1.82, 2.24) is 14.9 Å². The van der Waals surface area contributed by atoms with Crippen molar-refractivity contribution in [3.63, 3.8) is 0 Å². The minimum absolute atomic E-state index is 0.121. The lowest BCUT2D eigenvalue weighted by Gasteiger charge is -2.35. The third-order valence-corrected chi connectivity index (χ3v) is 4.08. The van der Waals surface area contributed by atoms with Crippen LogP contribution in [0.5, 0.6) is 0 Å². The van der Waals surface area contributed by atoms with Crippen LogP contribution in [0.25, 0.3) is 11.0 Å². The highest BCUT2D eigenvalue weighted by molar-refractivity contribution is 9.10. The Bertz CT molecular complexity index is 653. The van der Waals surface area contributed by atoms with Gasteiger partial charge >= 0.3 is 0 Å². The van der Waals surface area contributed by atoms with E-state index >= 15 is 0 Å². The molecule has 1 unspecified atom stereocenters. The largest absolute Gasteiger partial charge is 0.352 e. The first-order valence-corrected chi connectivity index (χ1v) is 7.96. The number of hydrogen-bond acceptors (Lipinski definition) is 4. The number of halogens is 1. The maximum atomic E-state index is 11.9. The number of fused-ring (bicyclic) bond motifs is 1. The molecule has 1 saturated heterocycles. The van der Waals surface area contributed by atoms with Crippen molar-refractivity contribution in [2.45, 2.75) is 11.8 Å². The number of para-hydroxylation sites is 2. The SMILES string of the molecule is CC(Br)C(=O)N1CCN(c2cnc3ccccc3n2)CC1. The van der Waals surface area contributed by atoms with Gasteiger partial charge in [-0.1, -0.05) is 28.1 Å². The Morgan fingerprint density at radius 2 is 1.86 bits per heavy atom. The topological polar surface area (TPSA) is 49.3 Å². The van der Waals surface area contributed by atoms with Crippen LogP contribution in [0.2, 0.25) is 0 Å². The maximum absolute atomic E-state index is 11.9. The fourth-order valence-electron chi connectivity index (χ4n) is 2.51. The van der Waals surface area contributed by atoms with Crippen molar-refractivity contribution in [2.24, 2.45) is 0 Å². The highest BCUT2D eigenvalue weighted by atomic mass is 79.9. The smallest absolute Gasteiger partial charge is 0.236 e. The Hall–Kier alpha value is -1.69. The van der Waals surface area contributed by atoms with E-state index in [0.29, 0.717) is 0 Å². The molecule has 1 fully saturated rings. The molecular weight excluding hydrogens is 332 g/mol. The second-order valence-corrected chi connectivity index (χ2v) is 6.52. The van der Waals surface area contributed by atoms with E-state index in [1.807, 2.05) is 42.3 Å². The number of carbonyl (C=O) groups excluding carboxylic acids is 1. The molecule has 2 aromatic rings. The van der Waals surface area contributed by atoms with Crippen molar-refractivity contribution in [3.05, 3.63) is 30.5 Å². The molecule has 21 heavy (non-hydrogen) atoms. The molecule has 3 rings (SSSR count). The summed E-state index contributed by atoms with van der Waals surface area (Å²) in [6.07, 6.45) is 1.81. The molecule has 0 aliphatic carbocycles. The zero-order valence-corrected chi connectivity index (χ0v) is 13.5. The fourth-order valence-corrected chi connectivity index (χ4v) is 2.80. The van der Waals surface area contributed by atoms with Crippen LogP contribution in [0, 0.1) is 0 Å². The molecule has 0 N–H and O–H groups in total. The van der Waals surface area contributed by atoms with Gasteiger partial charge in [0.25, 0.3) is 0 Å². The lowest BCUT2D eigenvalue weighted by molar-refractivity contribution is -0.130. The number of benzene rings is 1. The van der Waals surface area contributed by atoms with Crippen LogP contribution in [0.15, 0.2) is 30.5 Å². The van der Waals surface area contributed by atoms with Crippen molar-refractivity contribution in [1.29, 1.82) is 0 Å². The summed E-state index contributed by atoms with van der Waals surface area (Å²) in [5.41, 5.74) is 1.81. The predicted molar refractivity (Wildman–Crippen MR) is 86.7 cm³/mol. The Morgan fingerprint density at radius 1 is 1.19 bits per heavy atom. The highest BCUT2D eigenvalue weighted by Crippen LogP contribution is 2.17. The van der Waals surface area contributed by atoms with E-state index in [9.17, 15) is 4.79 Å². The second kappa shape index (κ2) is 5.97. The van der Waals surface area contributed by atoms with Gasteiger partial charge in [-0.05, 0) is 19.1 Å². The van der Waals surface area contributed by atoms with Crippen LogP contribution in [0.4, 0.5) is 5.82 Å². The van der Waals surface area contributed by atoms with E-state index in [1.165, 1.54) is 0 Å². The molecule has 1 amide bonds. The van der Waals surface area contributed by atoms with E-state index in [0.717, 1.165) is 43.0 Å². The van der Waals surface area contributed by atoms with Crippen molar-refractivity contribution in [3.8, 4) is 0 Å². The Labute approximate surface area is 132 Å². The van der Waals surface area contributed by atoms with Crippen LogP contribution in [-0.4, -0.2) is 51.8 Å². The van der Waals surface area contributed by atoms with Gasteiger partial charge in [0.15, 0.2) is 0 Å². The molecule has 1 aromatic carbocycles. The number of alkyl halides is 1. The number of anilines is 1. The first-order chi connectivity index (χ1) is 10.1. The summed E-state index contributed by atoms with van der Waals surface area (Å²) in [5, 5.41) is 0. The third-order valence-electron chi connectivity index (χ3n) is 3.69. The van der Waals surface area contributed by atoms with E-state index < -0.39 is 0 Å². The maximum Gasteiger partial charge on any atom is 0.236 e. The van der Waals surface area contributed by atoms with E-state index in [-0.39, 0.29) is 10.7 Å². The standard InChI is InChI=1S/C15H17BrN4O/c1-11(16)15(21)20-8-6-19(7-9-20)14-10-17-12-4-2-3-5-13(12)18-14/h2-5,10-11H,6-9H2,1H3. The summed E-state index contributed by atoms with van der Waals surface area (Å²) in [5.74, 6) is 1.03. The summed E-state index contributed by atoms with van der Waals surface area (Å²) < 4.78 is 0. The Morgan fingerprint density at radius 3 is 2.52 bits per heavy atom. The molecular formula is C15H17BrN4O. The monoisotopic (exact) mass is 348 g/mol. The van der Waals surface area contributed by atoms with Gasteiger partial charge in [0.05, 0.1) is 22.1 Å². The Kier molecular flexibility index (Phi) is 4.05. The van der Waals surface area contributed by atoms with Gasteiger partial charge < -0.3 is 9.80 Å². The van der Waals surface area contributed by atoms with Gasteiger partial charge in [0, 0.05) is 26.2 Å². The van der Waals surface area contributed by atoms with E-state index in [1.54, 1.807) is 0 Å². The van der Waals surface area contributed by atoms with Gasteiger partial charge in [0.2, 0.25) is 5.91 Å². The molecule has 0 radical (unpaired) electrons. The van der Waals surface area contributed by atoms with Gasteiger partial charge in [-0.15, -0.1) is 0 Å². The van der Waals surface area contributed by atoms with Gasteiger partial charge in [-0.3, -0.25) is 9.78 Å². The number of amides is 1. The number of hydrogen-bond donors (Lipinski definition) is 0. The minimum atomic E-state index is -0.121. The molecule has 0 saturated carbocycles. The van der Waals surface area contributed by atoms with Crippen molar-refractivity contribution in [2.75, 3.05) is 31.1 Å². The van der Waals surface area contributed by atoms with Gasteiger partial charge in [-0.2, -0.15) is 0 Å². The first-order valence-electron chi connectivity index (χ1n) is 7.05. The number of rotatable bonds is 2. The summed E-state index contributed by atoms with van der Waals surface area (Å²) in [4.78, 5) is 25.0. The normalized spacial score (nSPS) is 17.0. The zero-order valence-electron chi connectivity index (χ0n) is 11.9. The summed E-state index contributed by atoms with van der Waals surface area (Å²) in [7, 11) is 0. The average molecular weight is 349 g/mol. The molecule has 1 aromatic heterocycles. The second-order valence-electron chi connectivity index (χ2n) is 5.15.